The predicted octanol–water partition coefficient (Wildman–Crippen LogP) is 1.49. The summed E-state index contributed by atoms with van der Waals surface area (Å²) in [6, 6.07) is 5.64. The molecule has 4 rings (SSSR count). The van der Waals surface area contributed by atoms with Crippen LogP contribution >= 0.6 is 0 Å². The molecule has 2 aliphatic rings. The predicted molar refractivity (Wildman–Crippen MR) is 93.0 cm³/mol. The van der Waals surface area contributed by atoms with Gasteiger partial charge in [0.2, 0.25) is 0 Å². The van der Waals surface area contributed by atoms with Gasteiger partial charge in [-0.1, -0.05) is 0 Å². The van der Waals surface area contributed by atoms with Gasteiger partial charge in [0.15, 0.2) is 0 Å². The molecular formula is C16H21N3O4S. The molecule has 0 saturated heterocycles. The second-order valence-corrected chi connectivity index (χ2v) is 7.60. The monoisotopic (exact) mass is 351 g/mol. The molecule has 130 valence electrons. The SMILES string of the molecule is CC1NC=C2c3c(c4cc(O)ccc4n3C)CCN21.CS(=O)(=O)O. The van der Waals surface area contributed by atoms with E-state index in [-0.39, 0.29) is 0 Å². The molecule has 1 atom stereocenters. The van der Waals surface area contributed by atoms with Crippen LogP contribution in [0.5, 0.6) is 5.75 Å². The Morgan fingerprint density at radius 2 is 2.00 bits per heavy atom. The summed E-state index contributed by atoms with van der Waals surface area (Å²) in [6.45, 7) is 3.21. The summed E-state index contributed by atoms with van der Waals surface area (Å²) in [7, 11) is -1.56. The van der Waals surface area contributed by atoms with E-state index in [1.165, 1.54) is 27.9 Å². The smallest absolute Gasteiger partial charge is 0.261 e. The van der Waals surface area contributed by atoms with Crippen LogP contribution in [0.4, 0.5) is 0 Å². The number of fused-ring (bicyclic) bond motifs is 5. The maximum atomic E-state index is 9.72. The number of rotatable bonds is 0. The fourth-order valence-corrected chi connectivity index (χ4v) is 3.42. The Kier molecular flexibility index (Phi) is 3.97. The van der Waals surface area contributed by atoms with Gasteiger partial charge in [-0.05, 0) is 37.1 Å². The lowest BCUT2D eigenvalue weighted by molar-refractivity contribution is 0.307. The molecule has 1 unspecified atom stereocenters. The molecule has 0 amide bonds. The maximum Gasteiger partial charge on any atom is 0.261 e. The second kappa shape index (κ2) is 5.71. The quantitative estimate of drug-likeness (QED) is 0.623. The Bertz CT molecular complexity index is 922. The number of aromatic hydroxyl groups is 1. The normalized spacial score (nSPS) is 19.1. The molecule has 0 aliphatic carbocycles. The van der Waals surface area contributed by atoms with E-state index in [0.29, 0.717) is 18.2 Å². The molecule has 24 heavy (non-hydrogen) atoms. The van der Waals surface area contributed by atoms with Gasteiger partial charge in [-0.25, -0.2) is 0 Å². The molecule has 1 aromatic heterocycles. The molecule has 7 nitrogen and oxygen atoms in total. The van der Waals surface area contributed by atoms with Gasteiger partial charge in [0, 0.05) is 30.7 Å². The van der Waals surface area contributed by atoms with E-state index in [1.807, 2.05) is 12.1 Å². The highest BCUT2D eigenvalue weighted by Crippen LogP contribution is 2.38. The van der Waals surface area contributed by atoms with Crippen molar-refractivity contribution < 1.29 is 18.1 Å². The number of benzene rings is 1. The maximum absolute atomic E-state index is 9.72. The van der Waals surface area contributed by atoms with Gasteiger partial charge in [-0.2, -0.15) is 8.42 Å². The summed E-state index contributed by atoms with van der Waals surface area (Å²) in [5, 5.41) is 14.3. The third-order valence-electron chi connectivity index (χ3n) is 4.37. The average molecular weight is 351 g/mol. The summed E-state index contributed by atoms with van der Waals surface area (Å²) in [5.74, 6) is 0.343. The van der Waals surface area contributed by atoms with Crippen molar-refractivity contribution in [3.05, 3.63) is 35.7 Å². The molecular weight excluding hydrogens is 330 g/mol. The van der Waals surface area contributed by atoms with Gasteiger partial charge in [-0.3, -0.25) is 4.55 Å². The Morgan fingerprint density at radius 1 is 1.33 bits per heavy atom. The van der Waals surface area contributed by atoms with E-state index in [9.17, 15) is 13.5 Å². The molecule has 3 N–H and O–H groups in total. The van der Waals surface area contributed by atoms with Gasteiger partial charge >= 0.3 is 0 Å². The Labute approximate surface area is 140 Å². The standard InChI is InChI=1S/C15H17N3O.CH4O3S/c1-9-16-8-14-15-11(5-6-18(9)14)12-7-10(19)3-4-13(12)17(15)2;1-5(2,3)4/h3-4,7-9,16,19H,5-6H2,1-2H3;1H3,(H,2,3,4). The first-order valence-corrected chi connectivity index (χ1v) is 9.47. The van der Waals surface area contributed by atoms with Crippen molar-refractivity contribution in [2.75, 3.05) is 12.8 Å². The van der Waals surface area contributed by atoms with Crippen LogP contribution in [0.3, 0.4) is 0 Å². The Balaban J connectivity index is 0.000000300. The van der Waals surface area contributed by atoms with Crippen LogP contribution < -0.4 is 5.32 Å². The Hall–Kier alpha value is -2.19. The first-order valence-electron chi connectivity index (χ1n) is 7.63. The third-order valence-corrected chi connectivity index (χ3v) is 4.37. The summed E-state index contributed by atoms with van der Waals surface area (Å²) < 4.78 is 28.1. The lowest BCUT2D eigenvalue weighted by Crippen LogP contribution is -2.37. The van der Waals surface area contributed by atoms with Crippen molar-refractivity contribution in [3.63, 3.8) is 0 Å². The fraction of sp³-hybridized carbons (Fsp3) is 0.375. The number of phenols is 1. The number of nitrogens with one attached hydrogen (secondary N) is 1. The number of phenolic OH excluding ortho intramolecular Hbond substituents is 1. The molecule has 3 heterocycles. The zero-order valence-corrected chi connectivity index (χ0v) is 14.6. The lowest BCUT2D eigenvalue weighted by atomic mass is 10.0. The summed E-state index contributed by atoms with van der Waals surface area (Å²) in [5.41, 5.74) is 5.09. The molecule has 8 heteroatoms. The number of aryl methyl sites for hydroxylation is 1. The van der Waals surface area contributed by atoms with Crippen molar-refractivity contribution >= 4 is 26.7 Å². The topological polar surface area (TPSA) is 94.8 Å². The van der Waals surface area contributed by atoms with Crippen molar-refractivity contribution in [1.29, 1.82) is 0 Å². The van der Waals surface area contributed by atoms with Crippen LogP contribution in [0.25, 0.3) is 16.6 Å². The third kappa shape index (κ3) is 2.94. The highest BCUT2D eigenvalue weighted by molar-refractivity contribution is 7.85. The highest BCUT2D eigenvalue weighted by atomic mass is 32.2. The van der Waals surface area contributed by atoms with Gasteiger partial charge in [-0.15, -0.1) is 0 Å². The largest absolute Gasteiger partial charge is 0.508 e. The van der Waals surface area contributed by atoms with Crippen LogP contribution in [0.1, 0.15) is 18.2 Å². The minimum Gasteiger partial charge on any atom is -0.508 e. The van der Waals surface area contributed by atoms with E-state index in [2.05, 4.69) is 35.0 Å². The van der Waals surface area contributed by atoms with E-state index >= 15 is 0 Å². The molecule has 0 bridgehead atoms. The van der Waals surface area contributed by atoms with Crippen LogP contribution in [0, 0.1) is 0 Å². The van der Waals surface area contributed by atoms with Crippen molar-refractivity contribution in [2.24, 2.45) is 7.05 Å². The Morgan fingerprint density at radius 3 is 2.67 bits per heavy atom. The molecule has 2 aromatic rings. The average Bonchev–Trinajstić information content (AvgIpc) is 2.97. The lowest BCUT2D eigenvalue weighted by Gasteiger charge is -2.31. The minimum absolute atomic E-state index is 0.343. The number of aromatic nitrogens is 1. The van der Waals surface area contributed by atoms with E-state index in [4.69, 9.17) is 4.55 Å². The van der Waals surface area contributed by atoms with Crippen LogP contribution in [0.15, 0.2) is 24.4 Å². The molecule has 0 spiro atoms. The van der Waals surface area contributed by atoms with Gasteiger partial charge in [0.1, 0.15) is 5.75 Å². The first-order chi connectivity index (χ1) is 11.2. The molecule has 0 radical (unpaired) electrons. The van der Waals surface area contributed by atoms with Crippen LogP contribution in [-0.4, -0.2) is 46.5 Å². The highest BCUT2D eigenvalue weighted by Gasteiger charge is 2.32. The first kappa shape index (κ1) is 16.7. The number of hydrogen-bond acceptors (Lipinski definition) is 5. The van der Waals surface area contributed by atoms with Crippen LogP contribution in [0.2, 0.25) is 0 Å². The van der Waals surface area contributed by atoms with E-state index in [1.54, 1.807) is 6.07 Å². The van der Waals surface area contributed by atoms with Gasteiger partial charge in [0.25, 0.3) is 10.1 Å². The molecule has 1 aromatic carbocycles. The van der Waals surface area contributed by atoms with Crippen molar-refractivity contribution in [2.45, 2.75) is 19.5 Å². The van der Waals surface area contributed by atoms with E-state index < -0.39 is 10.1 Å². The number of hydrogen-bond donors (Lipinski definition) is 3. The molecule has 2 aliphatic heterocycles. The summed E-state index contributed by atoms with van der Waals surface area (Å²) in [6.07, 6.45) is 4.23. The minimum atomic E-state index is -3.67. The zero-order valence-electron chi connectivity index (χ0n) is 13.8. The fourth-order valence-electron chi connectivity index (χ4n) is 3.42. The zero-order chi connectivity index (χ0) is 17.6. The van der Waals surface area contributed by atoms with Gasteiger partial charge < -0.3 is 19.9 Å². The summed E-state index contributed by atoms with van der Waals surface area (Å²) in [4.78, 5) is 2.40. The number of nitrogens with zero attached hydrogens (tertiary/aromatic N) is 2. The second-order valence-electron chi connectivity index (χ2n) is 6.14. The molecule has 0 fully saturated rings. The van der Waals surface area contributed by atoms with Crippen molar-refractivity contribution in [1.82, 2.24) is 14.8 Å². The van der Waals surface area contributed by atoms with Crippen molar-refractivity contribution in [3.8, 4) is 5.75 Å². The van der Waals surface area contributed by atoms with Crippen LogP contribution in [-0.2, 0) is 23.6 Å². The molecule has 0 saturated carbocycles. The van der Waals surface area contributed by atoms with E-state index in [0.717, 1.165) is 13.0 Å². The summed E-state index contributed by atoms with van der Waals surface area (Å²) >= 11 is 0. The van der Waals surface area contributed by atoms with Gasteiger partial charge in [0.05, 0.1) is 23.8 Å².